The number of rotatable bonds is 4. The van der Waals surface area contributed by atoms with Crippen molar-refractivity contribution < 1.29 is 19.4 Å². The Morgan fingerprint density at radius 1 is 1.54 bits per heavy atom. The summed E-state index contributed by atoms with van der Waals surface area (Å²) in [4.78, 5) is 21.7. The van der Waals surface area contributed by atoms with Gasteiger partial charge in [-0.3, -0.25) is 4.79 Å². The molecule has 2 N–H and O–H groups in total. The number of carbonyl (C=O) groups excluding carboxylic acids is 2. The highest BCUT2D eigenvalue weighted by atomic mass is 16.5. The predicted molar refractivity (Wildman–Crippen MR) is 45.7 cm³/mol. The molecule has 0 rings (SSSR count). The van der Waals surface area contributed by atoms with E-state index in [1.807, 2.05) is 0 Å². The average molecular weight is 189 g/mol. The van der Waals surface area contributed by atoms with E-state index in [0.29, 0.717) is 6.42 Å². The van der Waals surface area contributed by atoms with Crippen LogP contribution in [0.3, 0.4) is 0 Å². The van der Waals surface area contributed by atoms with Crippen LogP contribution in [0.4, 0.5) is 0 Å². The third kappa shape index (κ3) is 3.42. The second-order valence-corrected chi connectivity index (χ2v) is 2.78. The molecule has 0 aromatic carbocycles. The minimum absolute atomic E-state index is 0.138. The van der Waals surface area contributed by atoms with Gasteiger partial charge in [0.25, 0.3) is 0 Å². The van der Waals surface area contributed by atoms with E-state index in [0.717, 1.165) is 7.11 Å². The molecule has 1 amide bonds. The molecule has 0 aromatic heterocycles. The summed E-state index contributed by atoms with van der Waals surface area (Å²) < 4.78 is 4.37. The maximum absolute atomic E-state index is 11.1. The van der Waals surface area contributed by atoms with E-state index in [4.69, 9.17) is 0 Å². The summed E-state index contributed by atoms with van der Waals surface area (Å²) >= 11 is 0. The van der Waals surface area contributed by atoms with Crippen LogP contribution in [0.5, 0.6) is 0 Å². The molecule has 0 saturated heterocycles. The first-order valence-corrected chi connectivity index (χ1v) is 4.05. The van der Waals surface area contributed by atoms with Gasteiger partial charge < -0.3 is 15.2 Å². The van der Waals surface area contributed by atoms with E-state index in [2.05, 4.69) is 10.1 Å². The fourth-order valence-corrected chi connectivity index (χ4v) is 1.04. The van der Waals surface area contributed by atoms with Crippen LogP contribution < -0.4 is 5.32 Å². The van der Waals surface area contributed by atoms with Crippen molar-refractivity contribution in [3.63, 3.8) is 0 Å². The van der Waals surface area contributed by atoms with Crippen LogP contribution in [-0.4, -0.2) is 29.8 Å². The van der Waals surface area contributed by atoms with Crippen molar-refractivity contribution in [3.8, 4) is 0 Å². The summed E-state index contributed by atoms with van der Waals surface area (Å²) in [7, 11) is 1.16. The van der Waals surface area contributed by atoms with Crippen molar-refractivity contribution in [3.05, 3.63) is 0 Å². The van der Waals surface area contributed by atoms with Gasteiger partial charge in [-0.15, -0.1) is 0 Å². The highest BCUT2D eigenvalue weighted by Crippen LogP contribution is 2.10. The van der Waals surface area contributed by atoms with Gasteiger partial charge in [0.15, 0.2) is 0 Å². The summed E-state index contributed by atoms with van der Waals surface area (Å²) in [6.45, 7) is 3.01. The molecule has 0 aliphatic heterocycles. The number of amides is 1. The van der Waals surface area contributed by atoms with Crippen molar-refractivity contribution in [2.75, 3.05) is 7.11 Å². The Kier molecular flexibility index (Phi) is 4.40. The van der Waals surface area contributed by atoms with Gasteiger partial charge in [-0.25, -0.2) is 4.79 Å². The minimum Gasteiger partial charge on any atom is -0.465 e. The molecule has 0 fully saturated rings. The first-order valence-electron chi connectivity index (χ1n) is 4.05. The molecule has 5 heteroatoms. The minimum atomic E-state index is -1.88. The van der Waals surface area contributed by atoms with E-state index in [9.17, 15) is 14.7 Å². The van der Waals surface area contributed by atoms with Gasteiger partial charge in [0.1, 0.15) is 0 Å². The van der Waals surface area contributed by atoms with Gasteiger partial charge in [-0.2, -0.15) is 0 Å². The zero-order valence-electron chi connectivity index (χ0n) is 8.09. The molecule has 1 unspecified atom stereocenters. The average Bonchev–Trinajstić information content (AvgIpc) is 2.02. The standard InChI is InChI=1S/C8H15NO4/c1-4-5-8(12,7(11)13-3)9-6(2)10/h12H,4-5H2,1-3H3,(H,9,10). The third-order valence-corrected chi connectivity index (χ3v) is 1.52. The maximum Gasteiger partial charge on any atom is 0.359 e. The summed E-state index contributed by atoms with van der Waals surface area (Å²) in [5.41, 5.74) is -1.88. The number of hydrogen-bond donors (Lipinski definition) is 2. The Morgan fingerprint density at radius 3 is 2.38 bits per heavy atom. The van der Waals surface area contributed by atoms with Crippen molar-refractivity contribution in [1.82, 2.24) is 5.32 Å². The van der Waals surface area contributed by atoms with Crippen LogP contribution in [0.25, 0.3) is 0 Å². The lowest BCUT2D eigenvalue weighted by atomic mass is 10.1. The second-order valence-electron chi connectivity index (χ2n) is 2.78. The number of ether oxygens (including phenoxy) is 1. The van der Waals surface area contributed by atoms with E-state index >= 15 is 0 Å². The first-order chi connectivity index (χ1) is 5.96. The molecule has 0 aliphatic carbocycles. The number of carbonyl (C=O) groups is 2. The zero-order chi connectivity index (χ0) is 10.5. The van der Waals surface area contributed by atoms with Crippen molar-refractivity contribution in [2.24, 2.45) is 0 Å². The Bertz CT molecular complexity index is 204. The molecule has 5 nitrogen and oxygen atoms in total. The van der Waals surface area contributed by atoms with Crippen LogP contribution in [0.2, 0.25) is 0 Å². The molecule has 0 spiro atoms. The van der Waals surface area contributed by atoms with Gasteiger partial charge in [0.05, 0.1) is 7.11 Å². The first kappa shape index (κ1) is 11.9. The Labute approximate surface area is 77.1 Å². The fraction of sp³-hybridized carbons (Fsp3) is 0.750. The zero-order valence-corrected chi connectivity index (χ0v) is 8.09. The van der Waals surface area contributed by atoms with Gasteiger partial charge in [0.2, 0.25) is 11.6 Å². The Balaban J connectivity index is 4.50. The van der Waals surface area contributed by atoms with E-state index in [-0.39, 0.29) is 6.42 Å². The highest BCUT2D eigenvalue weighted by Gasteiger charge is 2.36. The van der Waals surface area contributed by atoms with Crippen molar-refractivity contribution in [1.29, 1.82) is 0 Å². The molecule has 0 saturated carbocycles. The van der Waals surface area contributed by atoms with Gasteiger partial charge in [-0.05, 0) is 0 Å². The number of nitrogens with one attached hydrogen (secondary N) is 1. The molecule has 0 aliphatic rings. The van der Waals surface area contributed by atoms with Gasteiger partial charge in [0, 0.05) is 13.3 Å². The molecular formula is C8H15NO4. The van der Waals surface area contributed by atoms with Crippen LogP contribution >= 0.6 is 0 Å². The number of esters is 1. The molecule has 0 aromatic rings. The number of aliphatic hydroxyl groups is 1. The van der Waals surface area contributed by atoms with E-state index < -0.39 is 17.6 Å². The van der Waals surface area contributed by atoms with Crippen molar-refractivity contribution >= 4 is 11.9 Å². The summed E-state index contributed by atoms with van der Waals surface area (Å²) in [6, 6.07) is 0. The Morgan fingerprint density at radius 2 is 2.08 bits per heavy atom. The normalized spacial score (nSPS) is 14.5. The molecule has 76 valence electrons. The summed E-state index contributed by atoms with van der Waals surface area (Å²) in [5, 5.41) is 11.8. The monoisotopic (exact) mass is 189 g/mol. The molecular weight excluding hydrogens is 174 g/mol. The van der Waals surface area contributed by atoms with Gasteiger partial charge >= 0.3 is 5.97 Å². The topological polar surface area (TPSA) is 75.6 Å². The van der Waals surface area contributed by atoms with E-state index in [1.54, 1.807) is 6.92 Å². The lowest BCUT2D eigenvalue weighted by molar-refractivity contribution is -0.169. The maximum atomic E-state index is 11.1. The lowest BCUT2D eigenvalue weighted by Crippen LogP contribution is -2.54. The molecule has 0 heterocycles. The third-order valence-electron chi connectivity index (χ3n) is 1.52. The van der Waals surface area contributed by atoms with Gasteiger partial charge in [-0.1, -0.05) is 13.3 Å². The Hall–Kier alpha value is -1.10. The van der Waals surface area contributed by atoms with Crippen LogP contribution in [0.1, 0.15) is 26.7 Å². The fourth-order valence-electron chi connectivity index (χ4n) is 1.04. The van der Waals surface area contributed by atoms with Crippen LogP contribution in [0, 0.1) is 0 Å². The molecule has 13 heavy (non-hydrogen) atoms. The molecule has 1 atom stereocenters. The summed E-state index contributed by atoms with van der Waals surface area (Å²) in [6.07, 6.45) is 0.700. The SMILES string of the molecule is CCCC(O)(NC(C)=O)C(=O)OC. The second kappa shape index (κ2) is 4.81. The van der Waals surface area contributed by atoms with E-state index in [1.165, 1.54) is 6.92 Å². The number of methoxy groups -OCH3 is 1. The predicted octanol–water partition coefficient (Wildman–Crippen LogP) is -0.216. The quantitative estimate of drug-likeness (QED) is 0.473. The van der Waals surface area contributed by atoms with Crippen LogP contribution in [0.15, 0.2) is 0 Å². The number of hydrogen-bond acceptors (Lipinski definition) is 4. The van der Waals surface area contributed by atoms with Crippen LogP contribution in [-0.2, 0) is 14.3 Å². The molecule has 0 bridgehead atoms. The smallest absolute Gasteiger partial charge is 0.359 e. The highest BCUT2D eigenvalue weighted by molar-refractivity contribution is 5.85. The van der Waals surface area contributed by atoms with Crippen molar-refractivity contribution in [2.45, 2.75) is 32.4 Å². The summed E-state index contributed by atoms with van der Waals surface area (Å²) in [5.74, 6) is -1.31. The lowest BCUT2D eigenvalue weighted by Gasteiger charge is -2.24. The molecule has 0 radical (unpaired) electrons. The largest absolute Gasteiger partial charge is 0.465 e.